The fraction of sp³-hybridized carbons (Fsp3) is 0.615. The summed E-state index contributed by atoms with van der Waals surface area (Å²) in [6.45, 7) is 5.91. The van der Waals surface area contributed by atoms with E-state index in [1.54, 1.807) is 6.07 Å². The first-order valence-corrected chi connectivity index (χ1v) is 7.14. The van der Waals surface area contributed by atoms with Crippen LogP contribution in [0.1, 0.15) is 25.5 Å². The quantitative estimate of drug-likeness (QED) is 0.821. The number of aromatic nitrogens is 4. The Morgan fingerprint density at radius 1 is 1.55 bits per heavy atom. The third kappa shape index (κ3) is 2.59. The van der Waals surface area contributed by atoms with Gasteiger partial charge in [0.15, 0.2) is 0 Å². The molecule has 3 rings (SSSR count). The van der Waals surface area contributed by atoms with Gasteiger partial charge in [-0.05, 0) is 25.9 Å². The van der Waals surface area contributed by atoms with Gasteiger partial charge < -0.3 is 5.32 Å². The highest BCUT2D eigenvalue weighted by Gasteiger charge is 2.20. The molecule has 20 heavy (non-hydrogen) atoms. The summed E-state index contributed by atoms with van der Waals surface area (Å²) in [5, 5.41) is 6.18. The van der Waals surface area contributed by atoms with Crippen LogP contribution in [0.2, 0.25) is 0 Å². The minimum absolute atomic E-state index is 0.111. The first-order chi connectivity index (χ1) is 9.78. The van der Waals surface area contributed by atoms with Gasteiger partial charge in [0.1, 0.15) is 6.33 Å². The molecule has 1 saturated heterocycles. The summed E-state index contributed by atoms with van der Waals surface area (Å²) in [6, 6.07) is 2.11. The second kappa shape index (κ2) is 5.72. The summed E-state index contributed by atoms with van der Waals surface area (Å²) < 4.78 is 1.35. The van der Waals surface area contributed by atoms with Gasteiger partial charge >= 0.3 is 0 Å². The van der Waals surface area contributed by atoms with Gasteiger partial charge in [-0.3, -0.25) is 14.8 Å². The van der Waals surface area contributed by atoms with Crippen molar-refractivity contribution in [2.24, 2.45) is 0 Å². The third-order valence-electron chi connectivity index (χ3n) is 3.88. The Bertz CT molecular complexity index is 627. The predicted octanol–water partition coefficient (Wildman–Crippen LogP) is -0.00850. The van der Waals surface area contributed by atoms with Gasteiger partial charge in [0, 0.05) is 25.2 Å². The zero-order valence-corrected chi connectivity index (χ0v) is 11.7. The molecule has 0 amide bonds. The van der Waals surface area contributed by atoms with E-state index >= 15 is 0 Å². The first kappa shape index (κ1) is 13.3. The average Bonchev–Trinajstić information content (AvgIpc) is 2.94. The number of likely N-dealkylation sites (N-methyl/N-ethyl adjacent to an activating group) is 1. The van der Waals surface area contributed by atoms with E-state index in [1.165, 1.54) is 23.7 Å². The van der Waals surface area contributed by atoms with E-state index in [2.05, 4.69) is 32.2 Å². The molecule has 1 atom stereocenters. The molecule has 0 aliphatic carbocycles. The highest BCUT2D eigenvalue weighted by Crippen LogP contribution is 2.12. The molecule has 2 aromatic rings. The smallest absolute Gasteiger partial charge is 0.274 e. The van der Waals surface area contributed by atoms with Crippen molar-refractivity contribution in [2.45, 2.75) is 32.4 Å². The number of nitrogens with one attached hydrogen (secondary N) is 2. The first-order valence-electron chi connectivity index (χ1n) is 7.14. The second-order valence-corrected chi connectivity index (χ2v) is 5.17. The molecule has 2 N–H and O–H groups in total. The van der Waals surface area contributed by atoms with E-state index in [1.807, 2.05) is 0 Å². The van der Waals surface area contributed by atoms with Crippen LogP contribution < -0.4 is 10.9 Å². The number of aromatic amines is 1. The summed E-state index contributed by atoms with van der Waals surface area (Å²) in [5.74, 6) is 0.435. The van der Waals surface area contributed by atoms with Crippen molar-refractivity contribution in [3.63, 3.8) is 0 Å². The SMILES string of the molecule is CCN(Cc1cc(=O)n2[nH]cnc2n1)C1CCCNC1. The maximum atomic E-state index is 11.9. The highest BCUT2D eigenvalue weighted by molar-refractivity contribution is 5.26. The monoisotopic (exact) mass is 276 g/mol. The predicted molar refractivity (Wildman–Crippen MR) is 75.6 cm³/mol. The van der Waals surface area contributed by atoms with Crippen molar-refractivity contribution in [2.75, 3.05) is 19.6 Å². The molecule has 7 heteroatoms. The van der Waals surface area contributed by atoms with Gasteiger partial charge in [0.2, 0.25) is 0 Å². The molecule has 1 fully saturated rings. The van der Waals surface area contributed by atoms with Gasteiger partial charge in [-0.15, -0.1) is 0 Å². The molecule has 3 heterocycles. The van der Waals surface area contributed by atoms with E-state index in [4.69, 9.17) is 0 Å². The van der Waals surface area contributed by atoms with Crippen LogP contribution in [-0.2, 0) is 6.54 Å². The molecular weight excluding hydrogens is 256 g/mol. The molecule has 0 bridgehead atoms. The van der Waals surface area contributed by atoms with Crippen molar-refractivity contribution in [3.8, 4) is 0 Å². The fourth-order valence-corrected chi connectivity index (χ4v) is 2.80. The van der Waals surface area contributed by atoms with Crippen LogP contribution in [0.25, 0.3) is 5.78 Å². The largest absolute Gasteiger partial charge is 0.315 e. The van der Waals surface area contributed by atoms with Crippen molar-refractivity contribution in [3.05, 3.63) is 28.4 Å². The fourth-order valence-electron chi connectivity index (χ4n) is 2.80. The molecule has 108 valence electrons. The van der Waals surface area contributed by atoms with Crippen LogP contribution >= 0.6 is 0 Å². The Hall–Kier alpha value is -1.73. The van der Waals surface area contributed by atoms with Crippen LogP contribution in [0.15, 0.2) is 17.2 Å². The molecule has 7 nitrogen and oxygen atoms in total. The molecule has 0 aromatic carbocycles. The maximum absolute atomic E-state index is 11.9. The number of nitrogens with zero attached hydrogens (tertiary/aromatic N) is 4. The highest BCUT2D eigenvalue weighted by atomic mass is 16.1. The lowest BCUT2D eigenvalue weighted by Crippen LogP contribution is -2.45. The molecule has 1 aliphatic heterocycles. The third-order valence-corrected chi connectivity index (χ3v) is 3.88. The Morgan fingerprint density at radius 3 is 3.20 bits per heavy atom. The van der Waals surface area contributed by atoms with Crippen molar-refractivity contribution in [1.82, 2.24) is 29.8 Å². The molecule has 2 aromatic heterocycles. The average molecular weight is 276 g/mol. The van der Waals surface area contributed by atoms with Crippen molar-refractivity contribution >= 4 is 5.78 Å². The van der Waals surface area contributed by atoms with Crippen LogP contribution in [0.3, 0.4) is 0 Å². The van der Waals surface area contributed by atoms with E-state index in [-0.39, 0.29) is 5.56 Å². The Labute approximate surface area is 117 Å². The van der Waals surface area contributed by atoms with E-state index in [0.29, 0.717) is 18.4 Å². The van der Waals surface area contributed by atoms with Gasteiger partial charge in [0.25, 0.3) is 11.3 Å². The molecule has 0 spiro atoms. The Morgan fingerprint density at radius 2 is 2.45 bits per heavy atom. The van der Waals surface area contributed by atoms with E-state index in [9.17, 15) is 4.79 Å². The molecule has 1 unspecified atom stereocenters. The Balaban J connectivity index is 1.81. The van der Waals surface area contributed by atoms with Crippen LogP contribution in [0.5, 0.6) is 0 Å². The zero-order valence-electron chi connectivity index (χ0n) is 11.7. The van der Waals surface area contributed by atoms with Crippen LogP contribution in [0.4, 0.5) is 0 Å². The summed E-state index contributed by atoms with van der Waals surface area (Å²) >= 11 is 0. The van der Waals surface area contributed by atoms with Crippen LogP contribution in [0, 0.1) is 0 Å². The normalized spacial score (nSPS) is 19.8. The number of hydrogen-bond donors (Lipinski definition) is 2. The number of H-pyrrole nitrogens is 1. The number of rotatable bonds is 4. The minimum Gasteiger partial charge on any atom is -0.315 e. The lowest BCUT2D eigenvalue weighted by atomic mass is 10.1. The van der Waals surface area contributed by atoms with Crippen molar-refractivity contribution < 1.29 is 0 Å². The zero-order chi connectivity index (χ0) is 13.9. The topological polar surface area (TPSA) is 78.3 Å². The lowest BCUT2D eigenvalue weighted by Gasteiger charge is -2.33. The van der Waals surface area contributed by atoms with Gasteiger partial charge in [-0.25, -0.2) is 9.97 Å². The van der Waals surface area contributed by atoms with Crippen molar-refractivity contribution in [1.29, 1.82) is 0 Å². The van der Waals surface area contributed by atoms with Gasteiger partial charge in [-0.2, -0.15) is 4.52 Å². The summed E-state index contributed by atoms with van der Waals surface area (Å²) in [6.07, 6.45) is 3.89. The standard InChI is InChI=1S/C13H20N6O/c1-2-18(11-4-3-5-14-7-11)8-10-6-12(20)19-13(17-10)15-9-16-19/h6,9,11,14H,2-5,7-8H2,1H3,(H,15,16,17). The molecule has 1 aliphatic rings. The second-order valence-electron chi connectivity index (χ2n) is 5.17. The summed E-state index contributed by atoms with van der Waals surface area (Å²) in [7, 11) is 0. The lowest BCUT2D eigenvalue weighted by molar-refractivity contribution is 0.164. The van der Waals surface area contributed by atoms with Gasteiger partial charge in [-0.1, -0.05) is 6.92 Å². The summed E-state index contributed by atoms with van der Waals surface area (Å²) in [5.41, 5.74) is 0.676. The number of piperidine rings is 1. The number of hydrogen-bond acceptors (Lipinski definition) is 5. The minimum atomic E-state index is -0.111. The van der Waals surface area contributed by atoms with Crippen LogP contribution in [-0.4, -0.2) is 50.2 Å². The van der Waals surface area contributed by atoms with Gasteiger partial charge in [0.05, 0.1) is 5.69 Å². The number of fused-ring (bicyclic) bond motifs is 1. The van der Waals surface area contributed by atoms with E-state index < -0.39 is 0 Å². The maximum Gasteiger partial charge on any atom is 0.274 e. The summed E-state index contributed by atoms with van der Waals surface area (Å²) in [4.78, 5) is 22.8. The molecule has 0 saturated carbocycles. The van der Waals surface area contributed by atoms with E-state index in [0.717, 1.165) is 25.3 Å². The molecule has 0 radical (unpaired) electrons. The Kier molecular flexibility index (Phi) is 3.79. The molecular formula is C13H20N6O.